The van der Waals surface area contributed by atoms with Crippen LogP contribution >= 0.6 is 0 Å². The van der Waals surface area contributed by atoms with Crippen LogP contribution in [0.1, 0.15) is 51.4 Å². The first kappa shape index (κ1) is 8.55. The predicted molar refractivity (Wildman–Crippen MR) is 49.9 cm³/mol. The van der Waals surface area contributed by atoms with Gasteiger partial charge in [-0.15, -0.1) is 0 Å². The second kappa shape index (κ2) is 3.78. The summed E-state index contributed by atoms with van der Waals surface area (Å²) < 4.78 is 0. The third-order valence-corrected chi connectivity index (χ3v) is 3.81. The van der Waals surface area contributed by atoms with E-state index in [0.29, 0.717) is 0 Å². The van der Waals surface area contributed by atoms with E-state index >= 15 is 0 Å². The molecule has 2 fully saturated rings. The Balaban J connectivity index is 1.80. The van der Waals surface area contributed by atoms with Crippen molar-refractivity contribution >= 4 is 0 Å². The zero-order chi connectivity index (χ0) is 8.39. The van der Waals surface area contributed by atoms with Crippen molar-refractivity contribution in [2.45, 2.75) is 57.5 Å². The van der Waals surface area contributed by atoms with Crippen molar-refractivity contribution in [2.75, 3.05) is 0 Å². The second-order valence-electron chi connectivity index (χ2n) is 4.61. The maximum atomic E-state index is 9.37. The first-order chi connectivity index (χ1) is 5.86. The van der Waals surface area contributed by atoms with Gasteiger partial charge in [0.15, 0.2) is 0 Å². The minimum absolute atomic E-state index is 0.0302. The standard InChI is InChI=1S/C11H20O/c12-11-7-5-10(6-8-11)9-3-1-2-4-9/h9-12H,1-8H2. The van der Waals surface area contributed by atoms with Gasteiger partial charge in [-0.3, -0.25) is 0 Å². The molecular weight excluding hydrogens is 148 g/mol. The van der Waals surface area contributed by atoms with Crippen molar-refractivity contribution in [2.24, 2.45) is 11.8 Å². The Labute approximate surface area is 75.2 Å². The van der Waals surface area contributed by atoms with Crippen LogP contribution in [-0.4, -0.2) is 11.2 Å². The summed E-state index contributed by atoms with van der Waals surface area (Å²) >= 11 is 0. The molecule has 2 saturated carbocycles. The molecule has 0 radical (unpaired) electrons. The lowest BCUT2D eigenvalue weighted by molar-refractivity contribution is 0.0918. The molecular formula is C11H20O. The minimum atomic E-state index is 0.0302. The minimum Gasteiger partial charge on any atom is -0.393 e. The molecule has 1 N–H and O–H groups in total. The van der Waals surface area contributed by atoms with Gasteiger partial charge in [-0.1, -0.05) is 25.7 Å². The highest BCUT2D eigenvalue weighted by atomic mass is 16.3. The molecule has 2 aliphatic carbocycles. The van der Waals surface area contributed by atoms with E-state index in [4.69, 9.17) is 0 Å². The molecule has 12 heavy (non-hydrogen) atoms. The van der Waals surface area contributed by atoms with Gasteiger partial charge in [0.05, 0.1) is 6.10 Å². The van der Waals surface area contributed by atoms with Crippen LogP contribution in [0, 0.1) is 11.8 Å². The normalized spacial score (nSPS) is 38.8. The van der Waals surface area contributed by atoms with Gasteiger partial charge in [-0.2, -0.15) is 0 Å². The van der Waals surface area contributed by atoms with E-state index in [9.17, 15) is 5.11 Å². The van der Waals surface area contributed by atoms with E-state index in [1.807, 2.05) is 0 Å². The predicted octanol–water partition coefficient (Wildman–Crippen LogP) is 2.73. The zero-order valence-electron chi connectivity index (χ0n) is 7.84. The Morgan fingerprint density at radius 1 is 0.667 bits per heavy atom. The fraction of sp³-hybridized carbons (Fsp3) is 1.00. The summed E-state index contributed by atoms with van der Waals surface area (Å²) in [5, 5.41) is 9.37. The molecule has 0 amide bonds. The van der Waals surface area contributed by atoms with Crippen molar-refractivity contribution in [3.63, 3.8) is 0 Å². The average Bonchev–Trinajstić information content (AvgIpc) is 2.58. The van der Waals surface area contributed by atoms with Crippen LogP contribution in [0.25, 0.3) is 0 Å². The molecule has 1 heteroatoms. The third kappa shape index (κ3) is 1.82. The van der Waals surface area contributed by atoms with E-state index < -0.39 is 0 Å². The maximum Gasteiger partial charge on any atom is 0.0540 e. The van der Waals surface area contributed by atoms with Gasteiger partial charge in [0.1, 0.15) is 0 Å². The van der Waals surface area contributed by atoms with Gasteiger partial charge in [0.2, 0.25) is 0 Å². The molecule has 0 atom stereocenters. The van der Waals surface area contributed by atoms with Gasteiger partial charge in [0.25, 0.3) is 0 Å². The van der Waals surface area contributed by atoms with Crippen LogP contribution in [0.15, 0.2) is 0 Å². The first-order valence-electron chi connectivity index (χ1n) is 5.54. The van der Waals surface area contributed by atoms with Gasteiger partial charge in [-0.05, 0) is 37.5 Å². The summed E-state index contributed by atoms with van der Waals surface area (Å²) in [6.07, 6.45) is 10.6. The van der Waals surface area contributed by atoms with E-state index in [-0.39, 0.29) is 6.10 Å². The van der Waals surface area contributed by atoms with Gasteiger partial charge < -0.3 is 5.11 Å². The SMILES string of the molecule is OC1CCC(C2CCCC2)CC1. The summed E-state index contributed by atoms with van der Waals surface area (Å²) in [7, 11) is 0. The largest absolute Gasteiger partial charge is 0.393 e. The van der Waals surface area contributed by atoms with Crippen molar-refractivity contribution in [1.82, 2.24) is 0 Å². The molecule has 2 rings (SSSR count). The molecule has 0 bridgehead atoms. The van der Waals surface area contributed by atoms with Crippen molar-refractivity contribution in [3.05, 3.63) is 0 Å². The first-order valence-corrected chi connectivity index (χ1v) is 5.54. The van der Waals surface area contributed by atoms with E-state index in [1.165, 1.54) is 38.5 Å². The molecule has 0 aromatic carbocycles. The summed E-state index contributed by atoms with van der Waals surface area (Å²) in [6.45, 7) is 0. The molecule has 1 nitrogen and oxygen atoms in total. The smallest absolute Gasteiger partial charge is 0.0540 e. The molecule has 0 aliphatic heterocycles. The highest BCUT2D eigenvalue weighted by molar-refractivity contribution is 4.80. The summed E-state index contributed by atoms with van der Waals surface area (Å²) in [5.41, 5.74) is 0. The number of hydrogen-bond donors (Lipinski definition) is 1. The third-order valence-electron chi connectivity index (χ3n) is 3.81. The Bertz CT molecular complexity index is 130. The Kier molecular flexibility index (Phi) is 2.69. The van der Waals surface area contributed by atoms with E-state index in [2.05, 4.69) is 0 Å². The monoisotopic (exact) mass is 168 g/mol. The fourth-order valence-electron chi connectivity index (χ4n) is 3.00. The molecule has 0 unspecified atom stereocenters. The molecule has 70 valence electrons. The van der Waals surface area contributed by atoms with Gasteiger partial charge in [0, 0.05) is 0 Å². The average molecular weight is 168 g/mol. The number of hydrogen-bond acceptors (Lipinski definition) is 1. The van der Waals surface area contributed by atoms with Gasteiger partial charge >= 0.3 is 0 Å². The number of rotatable bonds is 1. The zero-order valence-corrected chi connectivity index (χ0v) is 7.84. The Morgan fingerprint density at radius 3 is 1.75 bits per heavy atom. The molecule has 0 aromatic rings. The van der Waals surface area contributed by atoms with Crippen molar-refractivity contribution < 1.29 is 5.11 Å². The lowest BCUT2D eigenvalue weighted by atomic mass is 9.78. The summed E-state index contributed by atoms with van der Waals surface area (Å²) in [4.78, 5) is 0. The van der Waals surface area contributed by atoms with Crippen LogP contribution in [0.2, 0.25) is 0 Å². The van der Waals surface area contributed by atoms with Crippen molar-refractivity contribution in [3.8, 4) is 0 Å². The maximum absolute atomic E-state index is 9.37. The van der Waals surface area contributed by atoms with E-state index in [0.717, 1.165) is 24.7 Å². The lowest BCUT2D eigenvalue weighted by Crippen LogP contribution is -2.22. The quantitative estimate of drug-likeness (QED) is 0.638. The van der Waals surface area contributed by atoms with Crippen molar-refractivity contribution in [1.29, 1.82) is 0 Å². The topological polar surface area (TPSA) is 20.2 Å². The second-order valence-corrected chi connectivity index (χ2v) is 4.61. The molecule has 0 saturated heterocycles. The van der Waals surface area contributed by atoms with Crippen LogP contribution < -0.4 is 0 Å². The van der Waals surface area contributed by atoms with Crippen LogP contribution in [0.4, 0.5) is 0 Å². The molecule has 0 aromatic heterocycles. The Hall–Kier alpha value is -0.0400. The van der Waals surface area contributed by atoms with Crippen LogP contribution in [-0.2, 0) is 0 Å². The summed E-state index contributed by atoms with van der Waals surface area (Å²) in [5.74, 6) is 1.99. The number of aliphatic hydroxyl groups excluding tert-OH is 1. The highest BCUT2D eigenvalue weighted by Crippen LogP contribution is 2.39. The molecule has 0 heterocycles. The Morgan fingerprint density at radius 2 is 1.17 bits per heavy atom. The summed E-state index contributed by atoms with van der Waals surface area (Å²) in [6, 6.07) is 0. The number of aliphatic hydroxyl groups is 1. The van der Waals surface area contributed by atoms with E-state index in [1.54, 1.807) is 0 Å². The molecule has 2 aliphatic rings. The molecule has 0 spiro atoms. The van der Waals surface area contributed by atoms with Crippen LogP contribution in [0.5, 0.6) is 0 Å². The van der Waals surface area contributed by atoms with Crippen LogP contribution in [0.3, 0.4) is 0 Å². The fourth-order valence-corrected chi connectivity index (χ4v) is 3.00. The van der Waals surface area contributed by atoms with Gasteiger partial charge in [-0.25, -0.2) is 0 Å². The lowest BCUT2D eigenvalue weighted by Gasteiger charge is -2.29. The highest BCUT2D eigenvalue weighted by Gasteiger charge is 2.28.